The Balaban J connectivity index is 1.78. The van der Waals surface area contributed by atoms with Crippen molar-refractivity contribution < 1.29 is 14.3 Å². The minimum Gasteiger partial charge on any atom is -0.467 e. The number of ether oxygens (including phenoxy) is 1. The first-order chi connectivity index (χ1) is 13.9. The zero-order chi connectivity index (χ0) is 21.0. The summed E-state index contributed by atoms with van der Waals surface area (Å²) in [6.45, 7) is 4.07. The number of benzene rings is 1. The summed E-state index contributed by atoms with van der Waals surface area (Å²) in [5.41, 5.74) is 2.40. The van der Waals surface area contributed by atoms with Gasteiger partial charge in [-0.15, -0.1) is 0 Å². The third-order valence-electron chi connectivity index (χ3n) is 4.66. The van der Waals surface area contributed by atoms with Gasteiger partial charge in [0.05, 0.1) is 7.11 Å². The number of nitrogens with zero attached hydrogens (tertiary/aromatic N) is 2. The van der Waals surface area contributed by atoms with E-state index in [1.165, 1.54) is 7.11 Å². The van der Waals surface area contributed by atoms with E-state index >= 15 is 0 Å². The molecule has 0 saturated carbocycles. The molecule has 2 atom stereocenters. The average Bonchev–Trinajstić information content (AvgIpc) is 2.72. The molecule has 0 spiro atoms. The Hall–Kier alpha value is -2.71. The second-order valence-corrected chi connectivity index (χ2v) is 7.56. The van der Waals surface area contributed by atoms with E-state index in [9.17, 15) is 9.59 Å². The molecule has 29 heavy (non-hydrogen) atoms. The van der Waals surface area contributed by atoms with Crippen molar-refractivity contribution in [1.82, 2.24) is 25.9 Å². The molecule has 0 aliphatic carbocycles. The number of nitrogens with one attached hydrogen (secondary N) is 3. The molecule has 1 fully saturated rings. The van der Waals surface area contributed by atoms with Crippen molar-refractivity contribution in [2.75, 3.05) is 7.11 Å². The van der Waals surface area contributed by atoms with Crippen LogP contribution < -0.4 is 20.7 Å². The average molecular weight is 418 g/mol. The molecule has 3 rings (SSSR count). The van der Waals surface area contributed by atoms with Crippen molar-refractivity contribution in [2.24, 2.45) is 5.92 Å². The van der Waals surface area contributed by atoms with Crippen LogP contribution in [0.25, 0.3) is 0 Å². The summed E-state index contributed by atoms with van der Waals surface area (Å²) in [6.07, 6.45) is 3.06. The summed E-state index contributed by atoms with van der Waals surface area (Å²) in [5.74, 6) is -0.220. The van der Waals surface area contributed by atoms with Crippen LogP contribution in [0.5, 0.6) is 6.01 Å². The first kappa shape index (κ1) is 21.0. The number of halogens is 1. The predicted molar refractivity (Wildman–Crippen MR) is 108 cm³/mol. The predicted octanol–water partition coefficient (Wildman–Crippen LogP) is 2.26. The molecule has 2 amide bonds. The summed E-state index contributed by atoms with van der Waals surface area (Å²) in [5, 5.41) is 9.70. The lowest BCUT2D eigenvalue weighted by atomic mass is 10.0. The Labute approximate surface area is 174 Å². The largest absolute Gasteiger partial charge is 0.467 e. The quantitative estimate of drug-likeness (QED) is 0.665. The van der Waals surface area contributed by atoms with Crippen LogP contribution in [-0.2, 0) is 16.1 Å². The zero-order valence-corrected chi connectivity index (χ0v) is 17.3. The highest BCUT2D eigenvalue weighted by atomic mass is 35.5. The van der Waals surface area contributed by atoms with Crippen LogP contribution in [0.4, 0.5) is 0 Å². The summed E-state index contributed by atoms with van der Waals surface area (Å²) in [4.78, 5) is 32.4. The van der Waals surface area contributed by atoms with E-state index in [4.69, 9.17) is 16.3 Å². The van der Waals surface area contributed by atoms with Gasteiger partial charge in [0, 0.05) is 53.5 Å². The van der Waals surface area contributed by atoms with Gasteiger partial charge in [-0.05, 0) is 17.7 Å². The molecular formula is C20H24ClN5O3. The molecule has 1 aliphatic rings. The Morgan fingerprint density at radius 2 is 2.07 bits per heavy atom. The number of carbonyl (C=O) groups excluding carboxylic acids is 2. The van der Waals surface area contributed by atoms with Crippen LogP contribution in [0.15, 0.2) is 30.6 Å². The van der Waals surface area contributed by atoms with Gasteiger partial charge >= 0.3 is 6.01 Å². The van der Waals surface area contributed by atoms with Crippen molar-refractivity contribution >= 4 is 23.4 Å². The van der Waals surface area contributed by atoms with Crippen LogP contribution in [0.1, 0.15) is 49.2 Å². The Bertz CT molecular complexity index is 888. The molecule has 1 aromatic heterocycles. The Morgan fingerprint density at radius 1 is 1.34 bits per heavy atom. The standard InChI is InChI=1S/C20H24ClN5O3/c1-11(2)19(28)22-8-12-4-5-15(21)14(6-12)18-25-16(7-17(27)26-18)13-9-23-20(29-3)24-10-13/h4-6,9-11,16,18,25H,7-8H2,1-3H3,(H,22,28)(H,26,27). The third-order valence-corrected chi connectivity index (χ3v) is 5.00. The fraction of sp³-hybridized carbons (Fsp3) is 0.400. The number of aromatic nitrogens is 2. The normalized spacial score (nSPS) is 19.0. The SMILES string of the molecule is COc1ncc(C2CC(=O)NC(c3cc(CNC(=O)C(C)C)ccc3Cl)N2)cn1. The van der Waals surface area contributed by atoms with Gasteiger partial charge in [-0.1, -0.05) is 31.5 Å². The minimum atomic E-state index is -0.475. The molecule has 1 aromatic carbocycles. The van der Waals surface area contributed by atoms with Crippen LogP contribution in [0.3, 0.4) is 0 Å². The molecule has 2 unspecified atom stereocenters. The van der Waals surface area contributed by atoms with Crippen LogP contribution >= 0.6 is 11.6 Å². The molecular weight excluding hydrogens is 394 g/mol. The Morgan fingerprint density at radius 3 is 2.72 bits per heavy atom. The minimum absolute atomic E-state index is 0.0230. The summed E-state index contributed by atoms with van der Waals surface area (Å²) < 4.78 is 4.98. The van der Waals surface area contributed by atoms with Gasteiger partial charge < -0.3 is 15.4 Å². The second kappa shape index (κ2) is 9.19. The number of hydrogen-bond acceptors (Lipinski definition) is 6. The number of amides is 2. The maximum Gasteiger partial charge on any atom is 0.316 e. The number of hydrogen-bond donors (Lipinski definition) is 3. The van der Waals surface area contributed by atoms with Gasteiger partial charge in [-0.3, -0.25) is 14.9 Å². The van der Waals surface area contributed by atoms with Crippen molar-refractivity contribution in [3.63, 3.8) is 0 Å². The van der Waals surface area contributed by atoms with Gasteiger partial charge in [0.2, 0.25) is 11.8 Å². The van der Waals surface area contributed by atoms with E-state index in [0.717, 1.165) is 16.7 Å². The topological polar surface area (TPSA) is 105 Å². The zero-order valence-electron chi connectivity index (χ0n) is 16.5. The van der Waals surface area contributed by atoms with E-state index in [1.807, 2.05) is 26.0 Å². The van der Waals surface area contributed by atoms with Crippen molar-refractivity contribution in [1.29, 1.82) is 0 Å². The summed E-state index contributed by atoms with van der Waals surface area (Å²) in [7, 11) is 1.50. The first-order valence-electron chi connectivity index (χ1n) is 9.34. The van der Waals surface area contributed by atoms with Gasteiger partial charge in [0.1, 0.15) is 6.17 Å². The molecule has 8 nitrogen and oxygen atoms in total. The second-order valence-electron chi connectivity index (χ2n) is 7.16. The maximum atomic E-state index is 12.3. The van der Waals surface area contributed by atoms with E-state index in [0.29, 0.717) is 11.6 Å². The van der Waals surface area contributed by atoms with E-state index in [1.54, 1.807) is 18.5 Å². The fourth-order valence-electron chi connectivity index (χ4n) is 3.02. The molecule has 1 saturated heterocycles. The van der Waals surface area contributed by atoms with Crippen LogP contribution in [0.2, 0.25) is 5.02 Å². The van der Waals surface area contributed by atoms with E-state index in [-0.39, 0.29) is 36.2 Å². The lowest BCUT2D eigenvalue weighted by Crippen LogP contribution is -2.46. The highest BCUT2D eigenvalue weighted by Crippen LogP contribution is 2.29. The summed E-state index contributed by atoms with van der Waals surface area (Å²) in [6, 6.07) is 5.51. The number of methoxy groups -OCH3 is 1. The number of carbonyl (C=O) groups is 2. The molecule has 1 aliphatic heterocycles. The van der Waals surface area contributed by atoms with Crippen LogP contribution in [-0.4, -0.2) is 28.9 Å². The molecule has 2 heterocycles. The smallest absolute Gasteiger partial charge is 0.316 e. The molecule has 2 aromatic rings. The van der Waals surface area contributed by atoms with Crippen molar-refractivity contribution in [2.45, 2.75) is 39.0 Å². The van der Waals surface area contributed by atoms with Crippen molar-refractivity contribution in [3.05, 3.63) is 52.3 Å². The molecule has 154 valence electrons. The molecule has 0 bridgehead atoms. The van der Waals surface area contributed by atoms with Crippen molar-refractivity contribution in [3.8, 4) is 6.01 Å². The summed E-state index contributed by atoms with van der Waals surface area (Å²) >= 11 is 6.40. The van der Waals surface area contributed by atoms with Gasteiger partial charge in [-0.25, -0.2) is 9.97 Å². The first-order valence-corrected chi connectivity index (χ1v) is 9.72. The maximum absolute atomic E-state index is 12.3. The van der Waals surface area contributed by atoms with Gasteiger partial charge in [0.25, 0.3) is 0 Å². The Kier molecular flexibility index (Phi) is 6.66. The van der Waals surface area contributed by atoms with E-state index in [2.05, 4.69) is 25.9 Å². The molecule has 9 heteroatoms. The van der Waals surface area contributed by atoms with E-state index < -0.39 is 6.17 Å². The number of rotatable bonds is 6. The molecule has 0 radical (unpaired) electrons. The third kappa shape index (κ3) is 5.21. The highest BCUT2D eigenvalue weighted by Gasteiger charge is 2.29. The monoisotopic (exact) mass is 417 g/mol. The lowest BCUT2D eigenvalue weighted by Gasteiger charge is -2.32. The fourth-order valence-corrected chi connectivity index (χ4v) is 3.24. The van der Waals surface area contributed by atoms with Gasteiger partial charge in [-0.2, -0.15) is 0 Å². The van der Waals surface area contributed by atoms with Crippen LogP contribution in [0, 0.1) is 5.92 Å². The molecule has 3 N–H and O–H groups in total. The van der Waals surface area contributed by atoms with Gasteiger partial charge in [0.15, 0.2) is 0 Å². The lowest BCUT2D eigenvalue weighted by molar-refractivity contribution is -0.125. The highest BCUT2D eigenvalue weighted by molar-refractivity contribution is 6.31.